The lowest BCUT2D eigenvalue weighted by atomic mass is 10.1. The minimum absolute atomic E-state index is 0.0290. The van der Waals surface area contributed by atoms with Crippen LogP contribution in [0.25, 0.3) is 0 Å². The molecule has 0 aromatic heterocycles. The zero-order chi connectivity index (χ0) is 20.2. The molecule has 0 spiro atoms. The fourth-order valence-corrected chi connectivity index (χ4v) is 4.75. The van der Waals surface area contributed by atoms with Crippen molar-refractivity contribution >= 4 is 23.5 Å². The molecule has 1 saturated heterocycles. The van der Waals surface area contributed by atoms with Crippen molar-refractivity contribution in [3.8, 4) is 11.5 Å². The van der Waals surface area contributed by atoms with Crippen LogP contribution in [0.1, 0.15) is 22.1 Å². The Labute approximate surface area is 175 Å². The molecule has 1 N–H and O–H groups in total. The van der Waals surface area contributed by atoms with Crippen molar-refractivity contribution in [1.82, 2.24) is 4.90 Å². The number of ether oxygens (including phenoxy) is 1. The van der Waals surface area contributed by atoms with Crippen LogP contribution in [-0.4, -0.2) is 23.2 Å². The average molecular weight is 405 g/mol. The van der Waals surface area contributed by atoms with E-state index in [1.54, 1.807) is 11.8 Å². The van der Waals surface area contributed by atoms with E-state index < -0.39 is 0 Å². The molecule has 1 atom stereocenters. The Morgan fingerprint density at radius 3 is 2.41 bits per heavy atom. The molecule has 148 valence electrons. The molecule has 29 heavy (non-hydrogen) atoms. The van der Waals surface area contributed by atoms with Crippen molar-refractivity contribution in [2.75, 3.05) is 17.6 Å². The molecule has 0 radical (unpaired) electrons. The van der Waals surface area contributed by atoms with Crippen LogP contribution in [0, 0.1) is 13.8 Å². The molecule has 4 rings (SSSR count). The molecule has 2 amide bonds. The Balaban J connectivity index is 1.52. The Bertz CT molecular complexity index is 987. The largest absolute Gasteiger partial charge is 0.457 e. The van der Waals surface area contributed by atoms with Crippen molar-refractivity contribution in [3.05, 3.63) is 89.5 Å². The number of aryl methyl sites for hydroxylation is 2. The molecule has 0 unspecified atom stereocenters. The van der Waals surface area contributed by atoms with Gasteiger partial charge in [-0.3, -0.25) is 0 Å². The maximum absolute atomic E-state index is 13.0. The fourth-order valence-electron chi connectivity index (χ4n) is 3.50. The number of carbonyl (C=O) groups is 1. The first kappa shape index (κ1) is 19.4. The highest BCUT2D eigenvalue weighted by molar-refractivity contribution is 7.99. The van der Waals surface area contributed by atoms with Gasteiger partial charge < -0.3 is 15.0 Å². The molecule has 1 heterocycles. The van der Waals surface area contributed by atoms with E-state index >= 15 is 0 Å². The Morgan fingerprint density at radius 1 is 0.966 bits per heavy atom. The third kappa shape index (κ3) is 4.40. The van der Waals surface area contributed by atoms with Gasteiger partial charge in [0.15, 0.2) is 0 Å². The Morgan fingerprint density at radius 2 is 1.66 bits per heavy atom. The number of rotatable bonds is 4. The van der Waals surface area contributed by atoms with Gasteiger partial charge in [-0.1, -0.05) is 48.5 Å². The summed E-state index contributed by atoms with van der Waals surface area (Å²) in [4.78, 5) is 15.0. The molecule has 0 saturated carbocycles. The number of anilines is 1. The highest BCUT2D eigenvalue weighted by Crippen LogP contribution is 2.39. The standard InChI is InChI=1S/C24H24N2O2S/c1-17-8-6-9-18(2)22(17)25-24(27)26-14-15-29-23(26)19-10-7-13-21(16-19)28-20-11-4-3-5-12-20/h3-13,16,23H,14-15H2,1-2H3,(H,25,27)/t23-/m0/s1. The number of nitrogens with zero attached hydrogens (tertiary/aromatic N) is 1. The maximum atomic E-state index is 13.0. The number of hydrogen-bond acceptors (Lipinski definition) is 3. The highest BCUT2D eigenvalue weighted by atomic mass is 32.2. The van der Waals surface area contributed by atoms with E-state index in [2.05, 4.69) is 11.4 Å². The maximum Gasteiger partial charge on any atom is 0.323 e. The van der Waals surface area contributed by atoms with Crippen LogP contribution in [0.3, 0.4) is 0 Å². The first-order chi connectivity index (χ1) is 14.1. The summed E-state index contributed by atoms with van der Waals surface area (Å²) in [5.74, 6) is 2.49. The number of urea groups is 1. The summed E-state index contributed by atoms with van der Waals surface area (Å²) in [5, 5.41) is 3.09. The van der Waals surface area contributed by atoms with Gasteiger partial charge in [0, 0.05) is 18.0 Å². The predicted octanol–water partition coefficient (Wildman–Crippen LogP) is 6.38. The zero-order valence-corrected chi connectivity index (χ0v) is 17.4. The molecule has 0 aliphatic carbocycles. The molecule has 0 bridgehead atoms. The van der Waals surface area contributed by atoms with Crippen LogP contribution in [0.2, 0.25) is 0 Å². The first-order valence-corrected chi connectivity index (χ1v) is 10.7. The molecule has 1 fully saturated rings. The zero-order valence-electron chi connectivity index (χ0n) is 16.6. The third-order valence-corrected chi connectivity index (χ3v) is 6.25. The molecular weight excluding hydrogens is 380 g/mol. The Kier molecular flexibility index (Phi) is 5.76. The van der Waals surface area contributed by atoms with Gasteiger partial charge in [-0.05, 0) is 54.8 Å². The molecule has 1 aliphatic heterocycles. The van der Waals surface area contributed by atoms with Gasteiger partial charge >= 0.3 is 6.03 Å². The van der Waals surface area contributed by atoms with Gasteiger partial charge in [0.1, 0.15) is 16.9 Å². The van der Waals surface area contributed by atoms with Gasteiger partial charge in [-0.25, -0.2) is 4.79 Å². The van der Waals surface area contributed by atoms with Crippen molar-refractivity contribution in [1.29, 1.82) is 0 Å². The van der Waals surface area contributed by atoms with Crippen LogP contribution in [0.15, 0.2) is 72.8 Å². The summed E-state index contributed by atoms with van der Waals surface area (Å²) in [6.07, 6.45) is 0. The van der Waals surface area contributed by atoms with E-state index in [1.807, 2.05) is 85.5 Å². The van der Waals surface area contributed by atoms with Crippen molar-refractivity contribution < 1.29 is 9.53 Å². The second-order valence-corrected chi connectivity index (χ2v) is 8.29. The number of thioether (sulfide) groups is 1. The van der Waals surface area contributed by atoms with E-state index in [0.717, 1.165) is 46.2 Å². The first-order valence-electron chi connectivity index (χ1n) is 9.70. The molecule has 5 heteroatoms. The lowest BCUT2D eigenvalue weighted by Crippen LogP contribution is -2.34. The smallest absolute Gasteiger partial charge is 0.323 e. The number of amides is 2. The second kappa shape index (κ2) is 8.62. The topological polar surface area (TPSA) is 41.6 Å². The summed E-state index contributed by atoms with van der Waals surface area (Å²) in [6.45, 7) is 4.75. The number of carbonyl (C=O) groups excluding carboxylic acids is 1. The van der Waals surface area contributed by atoms with Gasteiger partial charge in [-0.15, -0.1) is 11.8 Å². The summed E-state index contributed by atoms with van der Waals surface area (Å²) in [6, 6.07) is 23.7. The average Bonchev–Trinajstić information content (AvgIpc) is 3.22. The summed E-state index contributed by atoms with van der Waals surface area (Å²) in [7, 11) is 0. The lowest BCUT2D eigenvalue weighted by molar-refractivity contribution is 0.214. The van der Waals surface area contributed by atoms with Gasteiger partial charge in [0.2, 0.25) is 0 Å². The molecule has 4 nitrogen and oxygen atoms in total. The van der Waals surface area contributed by atoms with E-state index in [4.69, 9.17) is 4.74 Å². The molecule has 1 aliphatic rings. The van der Waals surface area contributed by atoms with Gasteiger partial charge in [-0.2, -0.15) is 0 Å². The minimum Gasteiger partial charge on any atom is -0.457 e. The summed E-state index contributed by atoms with van der Waals surface area (Å²) in [5.41, 5.74) is 4.10. The monoisotopic (exact) mass is 404 g/mol. The number of benzene rings is 3. The lowest BCUT2D eigenvalue weighted by Gasteiger charge is -2.25. The molecular formula is C24H24N2O2S. The van der Waals surface area contributed by atoms with Crippen molar-refractivity contribution in [2.45, 2.75) is 19.2 Å². The summed E-state index contributed by atoms with van der Waals surface area (Å²) < 4.78 is 5.97. The van der Waals surface area contributed by atoms with Crippen molar-refractivity contribution in [2.24, 2.45) is 0 Å². The number of para-hydroxylation sites is 2. The third-order valence-electron chi connectivity index (χ3n) is 4.99. The minimum atomic E-state index is -0.0632. The van der Waals surface area contributed by atoms with Crippen LogP contribution < -0.4 is 10.1 Å². The van der Waals surface area contributed by atoms with Crippen LogP contribution in [0.5, 0.6) is 11.5 Å². The van der Waals surface area contributed by atoms with Gasteiger partial charge in [0.25, 0.3) is 0 Å². The number of nitrogens with one attached hydrogen (secondary N) is 1. The van der Waals surface area contributed by atoms with E-state index in [1.165, 1.54) is 0 Å². The van der Waals surface area contributed by atoms with Crippen LogP contribution in [-0.2, 0) is 0 Å². The van der Waals surface area contributed by atoms with Gasteiger partial charge in [0.05, 0.1) is 0 Å². The predicted molar refractivity (Wildman–Crippen MR) is 120 cm³/mol. The van der Waals surface area contributed by atoms with Crippen LogP contribution >= 0.6 is 11.8 Å². The fraction of sp³-hybridized carbons (Fsp3) is 0.208. The SMILES string of the molecule is Cc1cccc(C)c1NC(=O)N1CCS[C@H]1c1cccc(Oc2ccccc2)c1. The molecule has 3 aromatic rings. The quantitative estimate of drug-likeness (QED) is 0.549. The highest BCUT2D eigenvalue weighted by Gasteiger charge is 2.31. The van der Waals surface area contributed by atoms with Crippen LogP contribution in [0.4, 0.5) is 10.5 Å². The molecule has 3 aromatic carbocycles. The van der Waals surface area contributed by atoms with E-state index in [-0.39, 0.29) is 11.4 Å². The second-order valence-electron chi connectivity index (χ2n) is 7.10. The van der Waals surface area contributed by atoms with Crippen molar-refractivity contribution in [3.63, 3.8) is 0 Å². The summed E-state index contributed by atoms with van der Waals surface area (Å²) >= 11 is 1.78. The van der Waals surface area contributed by atoms with E-state index in [9.17, 15) is 4.79 Å². The Hall–Kier alpha value is -2.92. The van der Waals surface area contributed by atoms with E-state index in [0.29, 0.717) is 0 Å². The number of hydrogen-bond donors (Lipinski definition) is 1. The normalized spacial score (nSPS) is 15.9.